The van der Waals surface area contributed by atoms with Gasteiger partial charge in [-0.2, -0.15) is 4.98 Å². The number of ether oxygens (including phenoxy) is 2. The minimum absolute atomic E-state index is 0.348. The highest BCUT2D eigenvalue weighted by molar-refractivity contribution is 7.73. The third-order valence-electron chi connectivity index (χ3n) is 2.93. The van der Waals surface area contributed by atoms with Gasteiger partial charge >= 0.3 is 0 Å². The van der Waals surface area contributed by atoms with E-state index in [2.05, 4.69) is 19.7 Å². The molecule has 1 N–H and O–H groups in total. The Morgan fingerprint density at radius 1 is 1.04 bits per heavy atom. The van der Waals surface area contributed by atoms with Crippen LogP contribution in [0, 0.1) is 0 Å². The van der Waals surface area contributed by atoms with Crippen LogP contribution in [0.5, 0.6) is 17.5 Å². The maximum Gasteiger partial charge on any atom is 0.231 e. The van der Waals surface area contributed by atoms with Crippen molar-refractivity contribution >= 4 is 27.6 Å². The first-order valence-electron chi connectivity index (χ1n) is 6.50. The van der Waals surface area contributed by atoms with Crippen molar-refractivity contribution in [2.75, 3.05) is 11.8 Å². The molecule has 1 aromatic carbocycles. The second-order valence-corrected chi connectivity index (χ2v) is 5.14. The topological polar surface area (TPSA) is 103 Å². The lowest BCUT2D eigenvalue weighted by Crippen LogP contribution is -1.96. The van der Waals surface area contributed by atoms with Gasteiger partial charge in [0.2, 0.25) is 22.7 Å². The van der Waals surface area contributed by atoms with Crippen LogP contribution in [0.4, 0.5) is 5.69 Å². The lowest BCUT2D eigenvalue weighted by Gasteiger charge is -2.08. The zero-order valence-corrected chi connectivity index (χ0v) is 12.9. The first-order chi connectivity index (χ1) is 11.2. The zero-order chi connectivity index (χ0) is 16.2. The highest BCUT2D eigenvalue weighted by Crippen LogP contribution is 2.27. The second kappa shape index (κ2) is 6.44. The number of nitrogens with zero attached hydrogens (tertiary/aromatic N) is 3. The molecule has 0 fully saturated rings. The maximum absolute atomic E-state index is 10.6. The SMILES string of the molecule is COc1ccc2c(Oc3ccc(N[SH](=O)=O)cc3)ncnc2n1. The lowest BCUT2D eigenvalue weighted by atomic mass is 10.3. The third-order valence-corrected chi connectivity index (χ3v) is 3.37. The standard InChI is InChI=1S/C14H12N4O4S/c1-21-12-7-6-11-13(17-12)15-8-16-14(11)22-10-4-2-9(3-5-10)18-23(19)20/h2-8,23H,1H3,(H,18,19,20). The Hall–Kier alpha value is -2.94. The normalized spacial score (nSPS) is 10.7. The number of benzene rings is 1. The molecule has 9 heteroatoms. The van der Waals surface area contributed by atoms with Gasteiger partial charge in [-0.1, -0.05) is 0 Å². The number of nitrogens with one attached hydrogen (secondary N) is 1. The highest BCUT2D eigenvalue weighted by atomic mass is 32.2. The van der Waals surface area contributed by atoms with Crippen molar-refractivity contribution in [1.82, 2.24) is 15.0 Å². The smallest absolute Gasteiger partial charge is 0.231 e. The fourth-order valence-electron chi connectivity index (χ4n) is 1.91. The Balaban J connectivity index is 1.89. The monoisotopic (exact) mass is 332 g/mol. The molecule has 118 valence electrons. The Morgan fingerprint density at radius 2 is 1.83 bits per heavy atom. The van der Waals surface area contributed by atoms with E-state index < -0.39 is 10.9 Å². The number of fused-ring (bicyclic) bond motifs is 1. The van der Waals surface area contributed by atoms with Gasteiger partial charge in [-0.05, 0) is 30.3 Å². The van der Waals surface area contributed by atoms with Crippen LogP contribution in [0.1, 0.15) is 0 Å². The lowest BCUT2D eigenvalue weighted by molar-refractivity contribution is 0.399. The van der Waals surface area contributed by atoms with E-state index in [0.717, 1.165) is 0 Å². The predicted octanol–water partition coefficient (Wildman–Crippen LogP) is 1.76. The summed E-state index contributed by atoms with van der Waals surface area (Å²) in [6.07, 6.45) is 1.35. The van der Waals surface area contributed by atoms with Crippen LogP contribution in [-0.2, 0) is 10.9 Å². The average Bonchev–Trinajstić information content (AvgIpc) is 2.56. The molecule has 2 aromatic heterocycles. The summed E-state index contributed by atoms with van der Waals surface area (Å²) in [7, 11) is -1.17. The molecule has 0 radical (unpaired) electrons. The van der Waals surface area contributed by atoms with Crippen molar-refractivity contribution in [3.8, 4) is 17.5 Å². The molecule has 3 aromatic rings. The van der Waals surface area contributed by atoms with Gasteiger partial charge in [0.05, 0.1) is 12.5 Å². The minimum Gasteiger partial charge on any atom is -0.481 e. The van der Waals surface area contributed by atoms with Crippen LogP contribution in [-0.4, -0.2) is 30.5 Å². The number of methoxy groups -OCH3 is 1. The van der Waals surface area contributed by atoms with Gasteiger partial charge < -0.3 is 9.47 Å². The number of hydrogen-bond acceptors (Lipinski definition) is 7. The highest BCUT2D eigenvalue weighted by Gasteiger charge is 2.08. The summed E-state index contributed by atoms with van der Waals surface area (Å²) in [6.45, 7) is 0. The van der Waals surface area contributed by atoms with Crippen LogP contribution in [0.25, 0.3) is 11.0 Å². The predicted molar refractivity (Wildman–Crippen MR) is 84.3 cm³/mol. The van der Waals surface area contributed by atoms with E-state index in [1.165, 1.54) is 13.4 Å². The van der Waals surface area contributed by atoms with Gasteiger partial charge in [-0.25, -0.2) is 18.4 Å². The molecule has 2 heterocycles. The number of anilines is 1. The van der Waals surface area contributed by atoms with Crippen molar-refractivity contribution in [3.05, 3.63) is 42.7 Å². The molecule has 8 nitrogen and oxygen atoms in total. The fraction of sp³-hybridized carbons (Fsp3) is 0.0714. The summed E-state index contributed by atoms with van der Waals surface area (Å²) in [5, 5.41) is 0.637. The molecule has 23 heavy (non-hydrogen) atoms. The zero-order valence-electron chi connectivity index (χ0n) is 12.0. The van der Waals surface area contributed by atoms with Gasteiger partial charge in [0.1, 0.15) is 12.1 Å². The number of rotatable bonds is 5. The minimum atomic E-state index is -2.69. The molecule has 0 aliphatic heterocycles. The maximum atomic E-state index is 10.6. The Morgan fingerprint density at radius 3 is 2.52 bits per heavy atom. The average molecular weight is 332 g/mol. The number of pyridine rings is 1. The molecule has 3 rings (SSSR count). The van der Waals surface area contributed by atoms with E-state index in [-0.39, 0.29) is 0 Å². The van der Waals surface area contributed by atoms with Gasteiger partial charge in [0.25, 0.3) is 0 Å². The summed E-state index contributed by atoms with van der Waals surface area (Å²) in [5.74, 6) is 1.30. The third kappa shape index (κ3) is 3.46. The second-order valence-electron chi connectivity index (χ2n) is 4.40. The molecule has 0 unspecified atom stereocenters. The summed E-state index contributed by atoms with van der Waals surface area (Å²) in [4.78, 5) is 12.4. The summed E-state index contributed by atoms with van der Waals surface area (Å²) >= 11 is 0. The van der Waals surface area contributed by atoms with E-state index in [9.17, 15) is 8.42 Å². The van der Waals surface area contributed by atoms with Crippen molar-refractivity contribution in [3.63, 3.8) is 0 Å². The molecule has 0 saturated carbocycles. The van der Waals surface area contributed by atoms with Crippen molar-refractivity contribution in [1.29, 1.82) is 0 Å². The number of thiol groups is 1. The molecular formula is C14H12N4O4S. The molecule has 0 saturated heterocycles. The molecule has 0 aliphatic rings. The van der Waals surface area contributed by atoms with Crippen LogP contribution in [0.3, 0.4) is 0 Å². The Bertz CT molecular complexity index is 904. The quantitative estimate of drug-likeness (QED) is 0.686. The molecule has 0 bridgehead atoms. The Kier molecular flexibility index (Phi) is 4.20. The fourth-order valence-corrected chi connectivity index (χ4v) is 2.27. The van der Waals surface area contributed by atoms with Crippen LogP contribution in [0.15, 0.2) is 42.7 Å². The first kappa shape index (κ1) is 15.0. The molecule has 0 amide bonds. The van der Waals surface area contributed by atoms with E-state index in [4.69, 9.17) is 9.47 Å². The van der Waals surface area contributed by atoms with E-state index in [1.54, 1.807) is 36.4 Å². The molecular weight excluding hydrogens is 320 g/mol. The van der Waals surface area contributed by atoms with Gasteiger partial charge in [-0.3, -0.25) is 4.72 Å². The van der Waals surface area contributed by atoms with E-state index in [0.29, 0.717) is 34.2 Å². The van der Waals surface area contributed by atoms with Gasteiger partial charge in [0, 0.05) is 11.8 Å². The molecule has 0 aliphatic carbocycles. The number of hydrogen-bond donors (Lipinski definition) is 2. The van der Waals surface area contributed by atoms with Crippen molar-refractivity contribution in [2.45, 2.75) is 0 Å². The molecule has 0 spiro atoms. The van der Waals surface area contributed by atoms with Crippen LogP contribution >= 0.6 is 0 Å². The van der Waals surface area contributed by atoms with E-state index in [1.807, 2.05) is 0 Å². The first-order valence-corrected chi connectivity index (χ1v) is 7.68. The van der Waals surface area contributed by atoms with E-state index >= 15 is 0 Å². The van der Waals surface area contributed by atoms with Gasteiger partial charge in [0.15, 0.2) is 5.65 Å². The molecule has 0 atom stereocenters. The van der Waals surface area contributed by atoms with Crippen LogP contribution < -0.4 is 14.2 Å². The summed E-state index contributed by atoms with van der Waals surface area (Å²) < 4.78 is 34.3. The number of aromatic nitrogens is 3. The van der Waals surface area contributed by atoms with Crippen LogP contribution in [0.2, 0.25) is 0 Å². The van der Waals surface area contributed by atoms with Gasteiger partial charge in [-0.15, -0.1) is 0 Å². The summed E-state index contributed by atoms with van der Waals surface area (Å²) in [5.41, 5.74) is 0.906. The van der Waals surface area contributed by atoms with Crippen molar-refractivity contribution < 1.29 is 17.9 Å². The largest absolute Gasteiger partial charge is 0.481 e. The van der Waals surface area contributed by atoms with Crippen molar-refractivity contribution in [2.24, 2.45) is 0 Å². The Labute approximate surface area is 133 Å². The summed E-state index contributed by atoms with van der Waals surface area (Å²) in [6, 6.07) is 9.89.